The van der Waals surface area contributed by atoms with E-state index in [0.717, 1.165) is 30.8 Å². The molecule has 1 N–H and O–H groups in total. The van der Waals surface area contributed by atoms with Crippen LogP contribution in [0.25, 0.3) is 0 Å². The SMILES string of the molecule is CCCN(CC)C1=C2CCCC3(CCC4CCC=CC43)C2N=C(C)N1. The number of allylic oxidation sites excluding steroid dienone is 2. The van der Waals surface area contributed by atoms with E-state index in [-0.39, 0.29) is 0 Å². The maximum Gasteiger partial charge on any atom is 0.108 e. The average Bonchev–Trinajstić information content (AvgIpc) is 3.00. The minimum Gasteiger partial charge on any atom is -0.358 e. The molecule has 0 aromatic rings. The quantitative estimate of drug-likeness (QED) is 0.739. The number of nitrogens with zero attached hydrogens (tertiary/aromatic N) is 2. The van der Waals surface area contributed by atoms with Gasteiger partial charge in [-0.05, 0) is 82.6 Å². The third-order valence-corrected chi connectivity index (χ3v) is 7.28. The van der Waals surface area contributed by atoms with Gasteiger partial charge in [0, 0.05) is 18.5 Å². The van der Waals surface area contributed by atoms with Gasteiger partial charge in [-0.2, -0.15) is 0 Å². The Morgan fingerprint density at radius 3 is 2.96 bits per heavy atom. The van der Waals surface area contributed by atoms with Crippen LogP contribution in [0.15, 0.2) is 28.5 Å². The minimum absolute atomic E-state index is 0.398. The predicted molar refractivity (Wildman–Crippen MR) is 105 cm³/mol. The topological polar surface area (TPSA) is 27.6 Å². The second kappa shape index (κ2) is 6.81. The fraction of sp³-hybridized carbons (Fsp3) is 0.773. The third-order valence-electron chi connectivity index (χ3n) is 7.28. The van der Waals surface area contributed by atoms with Gasteiger partial charge in [0.1, 0.15) is 5.82 Å². The molecule has 3 heteroatoms. The first kappa shape index (κ1) is 17.2. The van der Waals surface area contributed by atoms with Crippen molar-refractivity contribution >= 4 is 5.84 Å². The van der Waals surface area contributed by atoms with E-state index in [4.69, 9.17) is 4.99 Å². The van der Waals surface area contributed by atoms with Crippen molar-refractivity contribution < 1.29 is 0 Å². The summed E-state index contributed by atoms with van der Waals surface area (Å²) in [7, 11) is 0. The monoisotopic (exact) mass is 341 g/mol. The lowest BCUT2D eigenvalue weighted by Crippen LogP contribution is -2.49. The standard InChI is InChI=1S/C22H35N3/c1-4-15-25(5-2)21-18-10-8-13-22(20(18)23-16(3)24-21)14-12-17-9-6-7-11-19(17)22/h7,11,17,19-20H,4-6,8-10,12-15H2,1-3H3,(H,23,24). The Bertz CT molecular complexity index is 602. The molecule has 4 unspecified atom stereocenters. The second-order valence-corrected chi connectivity index (χ2v) is 8.61. The molecule has 3 aliphatic carbocycles. The zero-order valence-electron chi connectivity index (χ0n) is 16.4. The third kappa shape index (κ3) is 2.74. The molecule has 0 saturated heterocycles. The van der Waals surface area contributed by atoms with Crippen molar-refractivity contribution in [3.8, 4) is 0 Å². The molecule has 25 heavy (non-hydrogen) atoms. The minimum atomic E-state index is 0.398. The normalized spacial score (nSPS) is 36.8. The molecule has 1 aliphatic heterocycles. The maximum absolute atomic E-state index is 5.24. The number of nitrogens with one attached hydrogen (secondary N) is 1. The lowest BCUT2D eigenvalue weighted by molar-refractivity contribution is 0.130. The van der Waals surface area contributed by atoms with Crippen molar-refractivity contribution in [1.29, 1.82) is 0 Å². The molecule has 0 aromatic carbocycles. The Morgan fingerprint density at radius 2 is 2.16 bits per heavy atom. The van der Waals surface area contributed by atoms with E-state index < -0.39 is 0 Å². The molecule has 1 heterocycles. The van der Waals surface area contributed by atoms with Crippen molar-refractivity contribution in [2.75, 3.05) is 13.1 Å². The molecule has 2 saturated carbocycles. The summed E-state index contributed by atoms with van der Waals surface area (Å²) < 4.78 is 0. The summed E-state index contributed by atoms with van der Waals surface area (Å²) in [5.74, 6) is 4.21. The smallest absolute Gasteiger partial charge is 0.108 e. The zero-order chi connectivity index (χ0) is 17.4. The van der Waals surface area contributed by atoms with Crippen LogP contribution in [0.2, 0.25) is 0 Å². The fourth-order valence-corrected chi connectivity index (χ4v) is 6.25. The van der Waals surface area contributed by atoms with Crippen LogP contribution in [0.3, 0.4) is 0 Å². The molecule has 0 amide bonds. The van der Waals surface area contributed by atoms with E-state index in [2.05, 4.69) is 43.1 Å². The number of amidine groups is 1. The van der Waals surface area contributed by atoms with E-state index >= 15 is 0 Å². The number of rotatable bonds is 4. The summed E-state index contributed by atoms with van der Waals surface area (Å²) >= 11 is 0. The van der Waals surface area contributed by atoms with Gasteiger partial charge in [-0.3, -0.25) is 4.99 Å². The summed E-state index contributed by atoms with van der Waals surface area (Å²) in [6, 6.07) is 0.418. The zero-order valence-corrected chi connectivity index (χ0v) is 16.4. The van der Waals surface area contributed by atoms with Gasteiger partial charge in [-0.25, -0.2) is 0 Å². The molecule has 0 aromatic heterocycles. The lowest BCUT2D eigenvalue weighted by atomic mass is 9.60. The molecule has 4 atom stereocenters. The van der Waals surface area contributed by atoms with Gasteiger partial charge >= 0.3 is 0 Å². The Balaban J connectivity index is 1.75. The Labute approximate surface area is 153 Å². The maximum atomic E-state index is 5.24. The number of aliphatic imine (C=N–C) groups is 1. The highest BCUT2D eigenvalue weighted by atomic mass is 15.3. The van der Waals surface area contributed by atoms with Gasteiger partial charge in [-0.1, -0.05) is 19.1 Å². The molecule has 4 rings (SSSR count). The predicted octanol–water partition coefficient (Wildman–Crippen LogP) is 4.87. The number of hydrogen-bond donors (Lipinski definition) is 1. The van der Waals surface area contributed by atoms with Crippen molar-refractivity contribution in [1.82, 2.24) is 10.2 Å². The highest BCUT2D eigenvalue weighted by Crippen LogP contribution is 2.60. The molecule has 138 valence electrons. The van der Waals surface area contributed by atoms with Crippen LogP contribution in [0.5, 0.6) is 0 Å². The first-order valence-corrected chi connectivity index (χ1v) is 10.7. The summed E-state index contributed by atoms with van der Waals surface area (Å²) in [4.78, 5) is 7.80. The van der Waals surface area contributed by atoms with Crippen LogP contribution >= 0.6 is 0 Å². The van der Waals surface area contributed by atoms with Crippen LogP contribution in [-0.4, -0.2) is 29.9 Å². The average molecular weight is 342 g/mol. The van der Waals surface area contributed by atoms with E-state index in [1.54, 1.807) is 5.57 Å². The fourth-order valence-electron chi connectivity index (χ4n) is 6.25. The molecule has 2 fully saturated rings. The van der Waals surface area contributed by atoms with Gasteiger partial charge in [-0.15, -0.1) is 0 Å². The molecular weight excluding hydrogens is 306 g/mol. The van der Waals surface area contributed by atoms with Crippen molar-refractivity contribution in [3.63, 3.8) is 0 Å². The lowest BCUT2D eigenvalue weighted by Gasteiger charge is -2.49. The van der Waals surface area contributed by atoms with E-state index in [9.17, 15) is 0 Å². The van der Waals surface area contributed by atoms with Gasteiger partial charge in [0.05, 0.1) is 11.9 Å². The molecule has 3 nitrogen and oxygen atoms in total. The van der Waals surface area contributed by atoms with Gasteiger partial charge in [0.2, 0.25) is 0 Å². The highest BCUT2D eigenvalue weighted by Gasteiger charge is 2.55. The Morgan fingerprint density at radius 1 is 1.28 bits per heavy atom. The van der Waals surface area contributed by atoms with Gasteiger partial charge in [0.15, 0.2) is 0 Å². The number of fused-ring (bicyclic) bond motifs is 4. The van der Waals surface area contributed by atoms with Crippen LogP contribution in [0.1, 0.15) is 72.1 Å². The summed E-state index contributed by atoms with van der Waals surface area (Å²) in [5.41, 5.74) is 2.02. The van der Waals surface area contributed by atoms with Crippen LogP contribution in [0.4, 0.5) is 0 Å². The Kier molecular flexibility index (Phi) is 4.68. The molecule has 0 radical (unpaired) electrons. The summed E-state index contributed by atoms with van der Waals surface area (Å²) in [6.07, 6.45) is 15.7. The first-order chi connectivity index (χ1) is 12.2. The van der Waals surface area contributed by atoms with Crippen LogP contribution < -0.4 is 5.32 Å². The van der Waals surface area contributed by atoms with Crippen LogP contribution in [-0.2, 0) is 0 Å². The van der Waals surface area contributed by atoms with E-state index in [1.807, 2.05) is 0 Å². The molecule has 0 bridgehead atoms. The van der Waals surface area contributed by atoms with Gasteiger partial charge in [0.25, 0.3) is 0 Å². The molecule has 4 aliphatic rings. The second-order valence-electron chi connectivity index (χ2n) is 8.61. The summed E-state index contributed by atoms with van der Waals surface area (Å²) in [5, 5.41) is 3.67. The molecule has 1 spiro atoms. The number of hydrogen-bond acceptors (Lipinski definition) is 3. The van der Waals surface area contributed by atoms with E-state index in [1.165, 1.54) is 57.2 Å². The largest absolute Gasteiger partial charge is 0.358 e. The van der Waals surface area contributed by atoms with Crippen molar-refractivity contribution in [2.24, 2.45) is 22.2 Å². The van der Waals surface area contributed by atoms with Crippen molar-refractivity contribution in [3.05, 3.63) is 23.5 Å². The van der Waals surface area contributed by atoms with Crippen molar-refractivity contribution in [2.45, 2.75) is 78.2 Å². The highest BCUT2D eigenvalue weighted by molar-refractivity contribution is 5.83. The molecular formula is C22H35N3. The first-order valence-electron chi connectivity index (χ1n) is 10.7. The van der Waals surface area contributed by atoms with Gasteiger partial charge < -0.3 is 10.2 Å². The van der Waals surface area contributed by atoms with E-state index in [0.29, 0.717) is 11.5 Å². The van der Waals surface area contributed by atoms with Crippen LogP contribution in [0, 0.1) is 17.3 Å². The Hall–Kier alpha value is -1.25. The summed E-state index contributed by atoms with van der Waals surface area (Å²) in [6.45, 7) is 8.96.